The zero-order valence-electron chi connectivity index (χ0n) is 10.6. The lowest BCUT2D eigenvalue weighted by Crippen LogP contribution is -2.39. The molecule has 0 spiro atoms. The van der Waals surface area contributed by atoms with Crippen molar-refractivity contribution in [2.24, 2.45) is 11.8 Å². The summed E-state index contributed by atoms with van der Waals surface area (Å²) in [7, 11) is 0. The fraction of sp³-hybridized carbons (Fsp3) is 1.00. The van der Waals surface area contributed by atoms with Crippen molar-refractivity contribution in [2.45, 2.75) is 52.6 Å². The standard InChI is InChI=1S/C13H27NO/c1-4-13(15)6-5-8-14-9-7-11(2)12(3)10-14/h11-13,15H,4-10H2,1-3H3. The molecule has 0 saturated carbocycles. The van der Waals surface area contributed by atoms with E-state index in [2.05, 4.69) is 25.7 Å². The highest BCUT2D eigenvalue weighted by molar-refractivity contribution is 4.75. The van der Waals surface area contributed by atoms with Crippen LogP contribution in [0.3, 0.4) is 0 Å². The highest BCUT2D eigenvalue weighted by Gasteiger charge is 2.21. The van der Waals surface area contributed by atoms with E-state index in [4.69, 9.17) is 0 Å². The number of aliphatic hydroxyl groups excluding tert-OH is 1. The second-order valence-electron chi connectivity index (χ2n) is 5.25. The van der Waals surface area contributed by atoms with Crippen molar-refractivity contribution >= 4 is 0 Å². The zero-order chi connectivity index (χ0) is 11.3. The van der Waals surface area contributed by atoms with Crippen LogP contribution < -0.4 is 0 Å². The van der Waals surface area contributed by atoms with E-state index in [1.807, 2.05) is 0 Å². The maximum Gasteiger partial charge on any atom is 0.0538 e. The molecule has 0 bridgehead atoms. The minimum Gasteiger partial charge on any atom is -0.393 e. The summed E-state index contributed by atoms with van der Waals surface area (Å²) in [6.07, 6.45) is 4.28. The smallest absolute Gasteiger partial charge is 0.0538 e. The van der Waals surface area contributed by atoms with Crippen LogP contribution in [-0.2, 0) is 0 Å². The molecular formula is C13H27NO. The van der Waals surface area contributed by atoms with Gasteiger partial charge < -0.3 is 10.0 Å². The second-order valence-corrected chi connectivity index (χ2v) is 5.25. The summed E-state index contributed by atoms with van der Waals surface area (Å²) in [5.41, 5.74) is 0. The molecule has 0 radical (unpaired) electrons. The number of aliphatic hydroxyl groups is 1. The van der Waals surface area contributed by atoms with Crippen LogP contribution >= 0.6 is 0 Å². The van der Waals surface area contributed by atoms with Gasteiger partial charge in [0.05, 0.1) is 6.10 Å². The van der Waals surface area contributed by atoms with Crippen molar-refractivity contribution in [1.82, 2.24) is 4.90 Å². The van der Waals surface area contributed by atoms with Crippen LogP contribution in [0.15, 0.2) is 0 Å². The summed E-state index contributed by atoms with van der Waals surface area (Å²) in [6.45, 7) is 10.5. The molecular weight excluding hydrogens is 186 g/mol. The summed E-state index contributed by atoms with van der Waals surface area (Å²) in [5, 5.41) is 9.46. The van der Waals surface area contributed by atoms with E-state index in [1.165, 1.54) is 26.1 Å². The maximum atomic E-state index is 9.46. The van der Waals surface area contributed by atoms with Crippen LogP contribution in [0.1, 0.15) is 46.5 Å². The first-order valence-electron chi connectivity index (χ1n) is 6.54. The molecule has 1 heterocycles. The largest absolute Gasteiger partial charge is 0.393 e. The number of piperidine rings is 1. The fourth-order valence-corrected chi connectivity index (χ4v) is 2.31. The van der Waals surface area contributed by atoms with E-state index in [-0.39, 0.29) is 6.10 Å². The first-order chi connectivity index (χ1) is 7.13. The number of rotatable bonds is 5. The van der Waals surface area contributed by atoms with Crippen LogP contribution in [0.2, 0.25) is 0 Å². The van der Waals surface area contributed by atoms with Gasteiger partial charge in [-0.05, 0) is 50.6 Å². The Balaban J connectivity index is 2.12. The van der Waals surface area contributed by atoms with Gasteiger partial charge in [-0.1, -0.05) is 20.8 Å². The molecule has 90 valence electrons. The molecule has 0 amide bonds. The molecule has 0 aromatic carbocycles. The quantitative estimate of drug-likeness (QED) is 0.758. The highest BCUT2D eigenvalue weighted by atomic mass is 16.3. The summed E-state index contributed by atoms with van der Waals surface area (Å²) < 4.78 is 0. The van der Waals surface area contributed by atoms with Gasteiger partial charge >= 0.3 is 0 Å². The van der Waals surface area contributed by atoms with Crippen molar-refractivity contribution in [3.63, 3.8) is 0 Å². The highest BCUT2D eigenvalue weighted by Crippen LogP contribution is 2.22. The van der Waals surface area contributed by atoms with Gasteiger partial charge in [-0.25, -0.2) is 0 Å². The van der Waals surface area contributed by atoms with Gasteiger partial charge in [-0.15, -0.1) is 0 Å². The van der Waals surface area contributed by atoms with Gasteiger partial charge in [0.15, 0.2) is 0 Å². The topological polar surface area (TPSA) is 23.5 Å². The summed E-state index contributed by atoms with van der Waals surface area (Å²) in [5.74, 6) is 1.73. The van der Waals surface area contributed by atoms with E-state index in [1.54, 1.807) is 0 Å². The molecule has 2 heteroatoms. The van der Waals surface area contributed by atoms with Crippen molar-refractivity contribution in [3.05, 3.63) is 0 Å². The van der Waals surface area contributed by atoms with Crippen LogP contribution in [0, 0.1) is 11.8 Å². The van der Waals surface area contributed by atoms with Crippen molar-refractivity contribution in [3.8, 4) is 0 Å². The predicted octanol–water partition coefficient (Wildman–Crippen LogP) is 2.52. The van der Waals surface area contributed by atoms with Crippen LogP contribution in [0.4, 0.5) is 0 Å². The van der Waals surface area contributed by atoms with Crippen molar-refractivity contribution < 1.29 is 5.11 Å². The first kappa shape index (κ1) is 13.0. The summed E-state index contributed by atoms with van der Waals surface area (Å²) in [6, 6.07) is 0. The van der Waals surface area contributed by atoms with E-state index >= 15 is 0 Å². The lowest BCUT2D eigenvalue weighted by Gasteiger charge is -2.35. The Bertz CT molecular complexity index is 172. The monoisotopic (exact) mass is 213 g/mol. The average molecular weight is 213 g/mol. The van der Waals surface area contributed by atoms with Gasteiger partial charge in [-0.3, -0.25) is 0 Å². The molecule has 0 aliphatic carbocycles. The molecule has 1 rings (SSSR count). The van der Waals surface area contributed by atoms with Gasteiger partial charge in [0.1, 0.15) is 0 Å². The molecule has 15 heavy (non-hydrogen) atoms. The van der Waals surface area contributed by atoms with Crippen molar-refractivity contribution in [1.29, 1.82) is 0 Å². The Kier molecular flexibility index (Phi) is 5.62. The second kappa shape index (κ2) is 6.49. The minimum absolute atomic E-state index is 0.0777. The number of likely N-dealkylation sites (tertiary alicyclic amines) is 1. The van der Waals surface area contributed by atoms with Gasteiger partial charge in [0, 0.05) is 6.54 Å². The molecule has 0 aromatic heterocycles. The summed E-state index contributed by atoms with van der Waals surface area (Å²) in [4.78, 5) is 2.56. The average Bonchev–Trinajstić information content (AvgIpc) is 2.23. The van der Waals surface area contributed by atoms with Crippen molar-refractivity contribution in [2.75, 3.05) is 19.6 Å². The Hall–Kier alpha value is -0.0800. The Morgan fingerprint density at radius 2 is 2.07 bits per heavy atom. The molecule has 1 aliphatic heterocycles. The molecule has 1 aliphatic rings. The minimum atomic E-state index is -0.0777. The van der Waals surface area contributed by atoms with E-state index in [9.17, 15) is 5.11 Å². The Morgan fingerprint density at radius 3 is 2.67 bits per heavy atom. The normalized spacial score (nSPS) is 30.4. The van der Waals surface area contributed by atoms with Gasteiger partial charge in [0.2, 0.25) is 0 Å². The number of hydrogen-bond acceptors (Lipinski definition) is 2. The lowest BCUT2D eigenvalue weighted by atomic mass is 9.88. The van der Waals surface area contributed by atoms with E-state index < -0.39 is 0 Å². The van der Waals surface area contributed by atoms with E-state index in [0.29, 0.717) is 0 Å². The first-order valence-corrected chi connectivity index (χ1v) is 6.54. The summed E-state index contributed by atoms with van der Waals surface area (Å²) >= 11 is 0. The Morgan fingerprint density at radius 1 is 1.33 bits per heavy atom. The van der Waals surface area contributed by atoms with Crippen LogP contribution in [-0.4, -0.2) is 35.7 Å². The molecule has 1 saturated heterocycles. The molecule has 1 N–H and O–H groups in total. The number of nitrogens with zero attached hydrogens (tertiary/aromatic N) is 1. The maximum absolute atomic E-state index is 9.46. The molecule has 2 nitrogen and oxygen atoms in total. The predicted molar refractivity (Wildman–Crippen MR) is 64.9 cm³/mol. The lowest BCUT2D eigenvalue weighted by molar-refractivity contribution is 0.119. The molecule has 3 unspecified atom stereocenters. The Labute approximate surface area is 94.7 Å². The zero-order valence-corrected chi connectivity index (χ0v) is 10.6. The van der Waals surface area contributed by atoms with Crippen LogP contribution in [0.25, 0.3) is 0 Å². The number of hydrogen-bond donors (Lipinski definition) is 1. The SMILES string of the molecule is CCC(O)CCCN1CCC(C)C(C)C1. The van der Waals surface area contributed by atoms with Gasteiger partial charge in [-0.2, -0.15) is 0 Å². The fourth-order valence-electron chi connectivity index (χ4n) is 2.31. The third-order valence-corrected chi connectivity index (χ3v) is 3.90. The van der Waals surface area contributed by atoms with Gasteiger partial charge in [0.25, 0.3) is 0 Å². The molecule has 3 atom stereocenters. The third kappa shape index (κ3) is 4.52. The molecule has 1 fully saturated rings. The van der Waals surface area contributed by atoms with Crippen LogP contribution in [0.5, 0.6) is 0 Å². The molecule has 0 aromatic rings. The third-order valence-electron chi connectivity index (χ3n) is 3.90. The van der Waals surface area contributed by atoms with E-state index in [0.717, 1.165) is 31.1 Å².